The van der Waals surface area contributed by atoms with Gasteiger partial charge in [0.25, 0.3) is 15.7 Å². The number of nitro benzene ring substituents is 1. The Balaban J connectivity index is 1.58. The van der Waals surface area contributed by atoms with Crippen molar-refractivity contribution in [2.24, 2.45) is 0 Å². The maximum atomic E-state index is 13.0. The van der Waals surface area contributed by atoms with E-state index in [0.717, 1.165) is 4.47 Å². The summed E-state index contributed by atoms with van der Waals surface area (Å²) in [5.41, 5.74) is 1.46. The van der Waals surface area contributed by atoms with Crippen molar-refractivity contribution in [1.29, 1.82) is 0 Å². The molecule has 2 N–H and O–H groups in total. The summed E-state index contributed by atoms with van der Waals surface area (Å²) in [7, 11) is -3.92. The van der Waals surface area contributed by atoms with Gasteiger partial charge in [-0.05, 0) is 48.0 Å². The predicted octanol–water partition coefficient (Wildman–Crippen LogP) is 5.37. The fraction of sp³-hybridized carbons (Fsp3) is 0.0800. The number of nitro groups is 1. The molecule has 4 aromatic rings. The second kappa shape index (κ2) is 11.3. The van der Waals surface area contributed by atoms with Crippen molar-refractivity contribution in [2.75, 3.05) is 10.0 Å². The molecular weight excluding hydrogens is 562 g/mol. The van der Waals surface area contributed by atoms with Crippen molar-refractivity contribution in [3.63, 3.8) is 0 Å². The SMILES string of the molecule is O=C(CC(Nc1ccc(S(=O)(=O)Nc2ncccn2)cc1)c1cccc([N+](=O)[O-])c1)c1ccc(Br)cc1. The fourth-order valence-corrected chi connectivity index (χ4v) is 4.73. The summed E-state index contributed by atoms with van der Waals surface area (Å²) in [6.45, 7) is 0. The molecule has 0 amide bonds. The van der Waals surface area contributed by atoms with Crippen LogP contribution in [0.3, 0.4) is 0 Å². The number of ketones is 1. The van der Waals surface area contributed by atoms with E-state index in [9.17, 15) is 23.3 Å². The van der Waals surface area contributed by atoms with Gasteiger partial charge in [-0.2, -0.15) is 0 Å². The molecule has 37 heavy (non-hydrogen) atoms. The molecule has 12 heteroatoms. The molecule has 0 spiro atoms. The third kappa shape index (κ3) is 6.74. The van der Waals surface area contributed by atoms with Crippen LogP contribution < -0.4 is 10.0 Å². The lowest BCUT2D eigenvalue weighted by molar-refractivity contribution is -0.384. The van der Waals surface area contributed by atoms with Crippen LogP contribution in [-0.4, -0.2) is 29.1 Å². The molecule has 0 fully saturated rings. The van der Waals surface area contributed by atoms with Crippen molar-refractivity contribution in [1.82, 2.24) is 9.97 Å². The van der Waals surface area contributed by atoms with Crippen molar-refractivity contribution in [3.8, 4) is 0 Å². The number of benzene rings is 3. The molecule has 3 aromatic carbocycles. The van der Waals surface area contributed by atoms with Gasteiger partial charge in [-0.1, -0.05) is 40.2 Å². The molecule has 0 aliphatic heterocycles. The smallest absolute Gasteiger partial charge is 0.269 e. The predicted molar refractivity (Wildman–Crippen MR) is 142 cm³/mol. The number of nitrogens with zero attached hydrogens (tertiary/aromatic N) is 3. The summed E-state index contributed by atoms with van der Waals surface area (Å²) in [4.78, 5) is 31.5. The number of rotatable bonds is 10. The average Bonchev–Trinajstić information content (AvgIpc) is 2.89. The fourth-order valence-electron chi connectivity index (χ4n) is 3.51. The van der Waals surface area contributed by atoms with Crippen LogP contribution in [0.4, 0.5) is 17.3 Å². The van der Waals surface area contributed by atoms with Gasteiger partial charge in [-0.25, -0.2) is 23.1 Å². The van der Waals surface area contributed by atoms with Crippen molar-refractivity contribution in [2.45, 2.75) is 17.4 Å². The minimum absolute atomic E-state index is 0.00967. The zero-order chi connectivity index (χ0) is 26.4. The first-order valence-corrected chi connectivity index (χ1v) is 13.2. The highest BCUT2D eigenvalue weighted by Gasteiger charge is 2.21. The lowest BCUT2D eigenvalue weighted by Crippen LogP contribution is -2.17. The van der Waals surface area contributed by atoms with E-state index < -0.39 is 21.0 Å². The molecule has 1 atom stereocenters. The van der Waals surface area contributed by atoms with Crippen LogP contribution in [0.15, 0.2) is 101 Å². The van der Waals surface area contributed by atoms with E-state index in [1.807, 2.05) is 0 Å². The van der Waals surface area contributed by atoms with E-state index in [-0.39, 0.29) is 28.7 Å². The molecule has 4 rings (SSSR count). The number of hydrogen-bond acceptors (Lipinski definition) is 8. The van der Waals surface area contributed by atoms with Crippen LogP contribution in [0.5, 0.6) is 0 Å². The van der Waals surface area contributed by atoms with Crippen LogP contribution in [0.2, 0.25) is 0 Å². The lowest BCUT2D eigenvalue weighted by atomic mass is 9.97. The Kier molecular flexibility index (Phi) is 7.89. The first kappa shape index (κ1) is 25.9. The van der Waals surface area contributed by atoms with Crippen molar-refractivity contribution in [3.05, 3.63) is 117 Å². The molecule has 0 saturated carbocycles. The molecule has 188 valence electrons. The van der Waals surface area contributed by atoms with E-state index in [1.165, 1.54) is 36.7 Å². The first-order chi connectivity index (χ1) is 17.7. The summed E-state index contributed by atoms with van der Waals surface area (Å²) >= 11 is 3.34. The van der Waals surface area contributed by atoms with E-state index in [2.05, 4.69) is 35.9 Å². The number of aromatic nitrogens is 2. The van der Waals surface area contributed by atoms with E-state index >= 15 is 0 Å². The maximum Gasteiger partial charge on any atom is 0.269 e. The van der Waals surface area contributed by atoms with Gasteiger partial charge in [-0.3, -0.25) is 14.9 Å². The van der Waals surface area contributed by atoms with Gasteiger partial charge >= 0.3 is 0 Å². The molecule has 10 nitrogen and oxygen atoms in total. The Bertz CT molecular complexity index is 1520. The van der Waals surface area contributed by atoms with Gasteiger partial charge in [0.05, 0.1) is 15.9 Å². The minimum atomic E-state index is -3.92. The molecule has 0 saturated heterocycles. The molecule has 1 heterocycles. The van der Waals surface area contributed by atoms with Gasteiger partial charge < -0.3 is 5.32 Å². The van der Waals surface area contributed by atoms with Crippen molar-refractivity contribution < 1.29 is 18.1 Å². The second-order valence-electron chi connectivity index (χ2n) is 7.89. The summed E-state index contributed by atoms with van der Waals surface area (Å²) < 4.78 is 28.5. The average molecular weight is 582 g/mol. The van der Waals surface area contributed by atoms with Crippen LogP contribution >= 0.6 is 15.9 Å². The summed E-state index contributed by atoms with van der Waals surface area (Å²) in [5.74, 6) is -0.218. The number of non-ortho nitro benzene ring substituents is 1. The summed E-state index contributed by atoms with van der Waals surface area (Å²) in [6.07, 6.45) is 2.85. The Morgan fingerprint density at radius 2 is 1.65 bits per heavy atom. The Morgan fingerprint density at radius 1 is 0.973 bits per heavy atom. The Hall–Kier alpha value is -4.16. The van der Waals surface area contributed by atoms with E-state index in [4.69, 9.17) is 0 Å². The summed E-state index contributed by atoms with van der Waals surface area (Å²) in [5, 5.41) is 14.5. The largest absolute Gasteiger partial charge is 0.378 e. The molecule has 0 radical (unpaired) electrons. The molecule has 1 unspecified atom stereocenters. The number of sulfonamides is 1. The highest BCUT2D eigenvalue weighted by Crippen LogP contribution is 2.28. The molecular formula is C25H20BrN5O5S. The third-order valence-corrected chi connectivity index (χ3v) is 7.21. The standard InChI is InChI=1S/C25H20BrN5O5S/c26-19-7-5-17(6-8-19)24(32)16-23(18-3-1-4-21(15-18)31(33)34)29-20-9-11-22(12-10-20)37(35,36)30-25-27-13-2-14-28-25/h1-15,23,29H,16H2,(H,27,28,30). The van der Waals surface area contributed by atoms with Gasteiger partial charge in [0, 0.05) is 46.7 Å². The third-order valence-electron chi connectivity index (χ3n) is 5.34. The number of Topliss-reactive ketones (excluding diaryl/α,β-unsaturated/α-hetero) is 1. The molecule has 1 aromatic heterocycles. The van der Waals surface area contributed by atoms with Crippen LogP contribution in [0.1, 0.15) is 28.4 Å². The number of carbonyl (C=O) groups is 1. The van der Waals surface area contributed by atoms with Gasteiger partial charge in [-0.15, -0.1) is 0 Å². The lowest BCUT2D eigenvalue weighted by Gasteiger charge is -2.20. The summed E-state index contributed by atoms with van der Waals surface area (Å²) in [6, 6.07) is 19.8. The zero-order valence-electron chi connectivity index (χ0n) is 19.1. The van der Waals surface area contributed by atoms with Crippen LogP contribution in [0.25, 0.3) is 0 Å². The number of halogens is 1. The highest BCUT2D eigenvalue weighted by molar-refractivity contribution is 9.10. The molecule has 0 aliphatic carbocycles. The Morgan fingerprint density at radius 3 is 2.30 bits per heavy atom. The normalized spacial score (nSPS) is 11.9. The quantitative estimate of drug-likeness (QED) is 0.144. The van der Waals surface area contributed by atoms with Crippen LogP contribution in [-0.2, 0) is 10.0 Å². The number of anilines is 2. The highest BCUT2D eigenvalue weighted by atomic mass is 79.9. The molecule has 0 aliphatic rings. The minimum Gasteiger partial charge on any atom is -0.378 e. The van der Waals surface area contributed by atoms with Crippen LogP contribution in [0, 0.1) is 10.1 Å². The Labute approximate surface area is 221 Å². The second-order valence-corrected chi connectivity index (χ2v) is 10.5. The first-order valence-electron chi connectivity index (χ1n) is 10.9. The van der Waals surface area contributed by atoms with Gasteiger partial charge in [0.1, 0.15) is 0 Å². The zero-order valence-corrected chi connectivity index (χ0v) is 21.5. The number of nitrogens with one attached hydrogen (secondary N) is 2. The molecule has 0 bridgehead atoms. The van der Waals surface area contributed by atoms with E-state index in [1.54, 1.807) is 54.6 Å². The number of carbonyl (C=O) groups excluding carboxylic acids is 1. The van der Waals surface area contributed by atoms with Gasteiger partial charge in [0.2, 0.25) is 5.95 Å². The van der Waals surface area contributed by atoms with Crippen molar-refractivity contribution >= 4 is 49.1 Å². The topological polar surface area (TPSA) is 144 Å². The van der Waals surface area contributed by atoms with Gasteiger partial charge in [0.15, 0.2) is 5.78 Å². The van der Waals surface area contributed by atoms with E-state index in [0.29, 0.717) is 16.8 Å². The monoisotopic (exact) mass is 581 g/mol. The maximum absolute atomic E-state index is 13.0. The number of hydrogen-bond donors (Lipinski definition) is 2.